The lowest BCUT2D eigenvalue weighted by molar-refractivity contribution is 0.100. The Morgan fingerprint density at radius 1 is 1.10 bits per heavy atom. The van der Waals surface area contributed by atoms with Crippen molar-refractivity contribution in [2.75, 3.05) is 0 Å². The largest absolute Gasteiger partial charge is 0.489 e. The molecule has 0 aliphatic heterocycles. The molecule has 0 spiro atoms. The van der Waals surface area contributed by atoms with Crippen molar-refractivity contribution in [2.45, 2.75) is 46.3 Å². The van der Waals surface area contributed by atoms with Crippen LogP contribution >= 0.6 is 0 Å². The summed E-state index contributed by atoms with van der Waals surface area (Å²) in [6.07, 6.45) is 6.61. The zero-order valence-electron chi connectivity index (χ0n) is 17.1. The van der Waals surface area contributed by atoms with E-state index in [0.29, 0.717) is 23.7 Å². The van der Waals surface area contributed by atoms with E-state index in [9.17, 15) is 4.79 Å². The van der Waals surface area contributed by atoms with Gasteiger partial charge in [-0.3, -0.25) is 4.79 Å². The lowest BCUT2D eigenvalue weighted by Gasteiger charge is -2.22. The number of rotatable bonds is 9. The number of Topliss-reactive ketones (excluding diaryl/α,β-unsaturated/α-hetero) is 1. The highest BCUT2D eigenvalue weighted by Gasteiger charge is 2.18. The number of ketones is 1. The molecular formula is C24H26N2O3. The summed E-state index contributed by atoms with van der Waals surface area (Å²) in [7, 11) is 0. The van der Waals surface area contributed by atoms with Crippen molar-refractivity contribution < 1.29 is 14.3 Å². The van der Waals surface area contributed by atoms with E-state index in [0.717, 1.165) is 24.0 Å². The maximum atomic E-state index is 12.2. The zero-order chi connectivity index (χ0) is 20.6. The molecule has 150 valence electrons. The van der Waals surface area contributed by atoms with Crippen molar-refractivity contribution >= 4 is 5.78 Å². The van der Waals surface area contributed by atoms with Gasteiger partial charge in [-0.25, -0.2) is 9.97 Å². The standard InChI is InChI=1S/C24H26N2O3/c1-4-7-23(21-9-6-5-8-17(21)2)29-24-12-20(10-11-22(24)18(3)27)28-15-19-13-25-16-26-14-19/h5-6,8-14,16,23H,4,7,15H2,1-3H3. The van der Waals surface area contributed by atoms with Gasteiger partial charge in [0.05, 0.1) is 5.56 Å². The van der Waals surface area contributed by atoms with Crippen molar-refractivity contribution in [3.05, 3.63) is 83.4 Å². The molecule has 0 bridgehead atoms. The molecular weight excluding hydrogens is 364 g/mol. The quantitative estimate of drug-likeness (QED) is 0.452. The molecule has 3 rings (SSSR count). The highest BCUT2D eigenvalue weighted by Crippen LogP contribution is 2.33. The van der Waals surface area contributed by atoms with E-state index in [2.05, 4.69) is 35.9 Å². The fourth-order valence-corrected chi connectivity index (χ4v) is 3.19. The van der Waals surface area contributed by atoms with Crippen LogP contribution in [-0.4, -0.2) is 15.8 Å². The maximum absolute atomic E-state index is 12.2. The molecule has 0 N–H and O–H groups in total. The SMILES string of the molecule is CCCC(Oc1cc(OCc2cncnc2)ccc1C(C)=O)c1ccccc1C. The molecule has 0 aliphatic carbocycles. The average molecular weight is 390 g/mol. The number of aromatic nitrogens is 2. The molecule has 0 radical (unpaired) electrons. The Morgan fingerprint density at radius 2 is 1.86 bits per heavy atom. The van der Waals surface area contributed by atoms with Gasteiger partial charge >= 0.3 is 0 Å². The van der Waals surface area contributed by atoms with Gasteiger partial charge in [-0.1, -0.05) is 37.6 Å². The third kappa shape index (κ3) is 5.41. The van der Waals surface area contributed by atoms with Gasteiger partial charge < -0.3 is 9.47 Å². The highest BCUT2D eigenvalue weighted by molar-refractivity contribution is 5.97. The smallest absolute Gasteiger partial charge is 0.163 e. The normalized spacial score (nSPS) is 11.7. The Balaban J connectivity index is 1.86. The highest BCUT2D eigenvalue weighted by atomic mass is 16.5. The summed E-state index contributed by atoms with van der Waals surface area (Å²) in [5, 5.41) is 0. The fraction of sp³-hybridized carbons (Fsp3) is 0.292. The van der Waals surface area contributed by atoms with E-state index < -0.39 is 0 Å². The summed E-state index contributed by atoms with van der Waals surface area (Å²) in [6.45, 7) is 6.10. The number of nitrogens with zero attached hydrogens (tertiary/aromatic N) is 2. The van der Waals surface area contributed by atoms with Crippen LogP contribution in [0, 0.1) is 6.92 Å². The second-order valence-corrected chi connectivity index (χ2v) is 7.00. The number of aryl methyl sites for hydroxylation is 1. The molecule has 29 heavy (non-hydrogen) atoms. The molecule has 0 saturated heterocycles. The topological polar surface area (TPSA) is 61.3 Å². The molecule has 1 atom stereocenters. The number of hydrogen-bond acceptors (Lipinski definition) is 5. The molecule has 0 aliphatic rings. The molecule has 0 amide bonds. The minimum Gasteiger partial charge on any atom is -0.489 e. The van der Waals surface area contributed by atoms with Crippen LogP contribution in [0.2, 0.25) is 0 Å². The molecule has 2 aromatic carbocycles. The lowest BCUT2D eigenvalue weighted by atomic mass is 10.00. The summed E-state index contributed by atoms with van der Waals surface area (Å²) in [5.74, 6) is 1.14. The molecule has 1 heterocycles. The van der Waals surface area contributed by atoms with Gasteiger partial charge in [-0.05, 0) is 43.5 Å². The monoisotopic (exact) mass is 390 g/mol. The molecule has 5 nitrogen and oxygen atoms in total. The summed E-state index contributed by atoms with van der Waals surface area (Å²) in [5.41, 5.74) is 3.73. The summed E-state index contributed by atoms with van der Waals surface area (Å²) in [4.78, 5) is 20.1. The van der Waals surface area contributed by atoms with Gasteiger partial charge in [0.2, 0.25) is 0 Å². The second kappa shape index (κ2) is 9.82. The summed E-state index contributed by atoms with van der Waals surface area (Å²) in [6, 6.07) is 13.5. The fourth-order valence-electron chi connectivity index (χ4n) is 3.19. The summed E-state index contributed by atoms with van der Waals surface area (Å²) < 4.78 is 12.2. The van der Waals surface area contributed by atoms with Crippen LogP contribution in [0.4, 0.5) is 0 Å². The van der Waals surface area contributed by atoms with E-state index in [1.165, 1.54) is 11.9 Å². The first-order chi connectivity index (χ1) is 14.1. The zero-order valence-corrected chi connectivity index (χ0v) is 17.1. The van der Waals surface area contributed by atoms with Crippen LogP contribution in [0.1, 0.15) is 59.8 Å². The van der Waals surface area contributed by atoms with E-state index in [1.54, 1.807) is 37.5 Å². The van der Waals surface area contributed by atoms with Crippen molar-refractivity contribution in [3.63, 3.8) is 0 Å². The van der Waals surface area contributed by atoms with E-state index in [-0.39, 0.29) is 11.9 Å². The Morgan fingerprint density at radius 3 is 2.55 bits per heavy atom. The van der Waals surface area contributed by atoms with Crippen LogP contribution < -0.4 is 9.47 Å². The minimum atomic E-state index is -0.128. The van der Waals surface area contributed by atoms with Crippen LogP contribution in [-0.2, 0) is 6.61 Å². The lowest BCUT2D eigenvalue weighted by Crippen LogP contribution is -2.11. The number of carbonyl (C=O) groups excluding carboxylic acids is 1. The van der Waals surface area contributed by atoms with Crippen LogP contribution in [0.3, 0.4) is 0 Å². The van der Waals surface area contributed by atoms with Crippen molar-refractivity contribution in [1.29, 1.82) is 0 Å². The van der Waals surface area contributed by atoms with E-state index >= 15 is 0 Å². The number of benzene rings is 2. The Kier molecular flexibility index (Phi) is 6.95. The Hall–Kier alpha value is -3.21. The van der Waals surface area contributed by atoms with Gasteiger partial charge in [0, 0.05) is 24.0 Å². The molecule has 1 unspecified atom stereocenters. The van der Waals surface area contributed by atoms with Gasteiger partial charge in [0.1, 0.15) is 30.5 Å². The van der Waals surface area contributed by atoms with Gasteiger partial charge in [0.15, 0.2) is 5.78 Å². The molecule has 3 aromatic rings. The first-order valence-corrected chi connectivity index (χ1v) is 9.82. The maximum Gasteiger partial charge on any atom is 0.163 e. The van der Waals surface area contributed by atoms with Crippen LogP contribution in [0.15, 0.2) is 61.2 Å². The molecule has 1 aromatic heterocycles. The Bertz CT molecular complexity index is 957. The predicted octanol–water partition coefficient (Wildman–Crippen LogP) is 5.49. The van der Waals surface area contributed by atoms with Gasteiger partial charge in [0.25, 0.3) is 0 Å². The first kappa shape index (κ1) is 20.5. The number of hydrogen-bond donors (Lipinski definition) is 0. The van der Waals surface area contributed by atoms with Crippen molar-refractivity contribution in [2.24, 2.45) is 0 Å². The Labute approximate surface area is 171 Å². The third-order valence-corrected chi connectivity index (χ3v) is 4.71. The van der Waals surface area contributed by atoms with E-state index in [1.807, 2.05) is 12.1 Å². The van der Waals surface area contributed by atoms with E-state index in [4.69, 9.17) is 9.47 Å². The predicted molar refractivity (Wildman–Crippen MR) is 112 cm³/mol. The van der Waals surface area contributed by atoms with Gasteiger partial charge in [-0.15, -0.1) is 0 Å². The third-order valence-electron chi connectivity index (χ3n) is 4.71. The van der Waals surface area contributed by atoms with Crippen molar-refractivity contribution in [1.82, 2.24) is 9.97 Å². The summed E-state index contributed by atoms with van der Waals surface area (Å²) >= 11 is 0. The van der Waals surface area contributed by atoms with Crippen LogP contribution in [0.25, 0.3) is 0 Å². The molecule has 5 heteroatoms. The van der Waals surface area contributed by atoms with Crippen LogP contribution in [0.5, 0.6) is 11.5 Å². The van der Waals surface area contributed by atoms with Gasteiger partial charge in [-0.2, -0.15) is 0 Å². The number of ether oxygens (including phenoxy) is 2. The first-order valence-electron chi connectivity index (χ1n) is 9.82. The minimum absolute atomic E-state index is 0.0389. The van der Waals surface area contributed by atoms with Crippen molar-refractivity contribution in [3.8, 4) is 11.5 Å². The number of carbonyl (C=O) groups is 1. The average Bonchev–Trinajstić information content (AvgIpc) is 2.73. The second-order valence-electron chi connectivity index (χ2n) is 7.00. The molecule has 0 fully saturated rings. The molecule has 0 saturated carbocycles.